The summed E-state index contributed by atoms with van der Waals surface area (Å²) < 4.78 is 24.9. The summed E-state index contributed by atoms with van der Waals surface area (Å²) in [6.07, 6.45) is 47.5. The van der Waals surface area contributed by atoms with Gasteiger partial charge in [0.25, 0.3) is 0 Å². The molecule has 0 aromatic heterocycles. The lowest BCUT2D eigenvalue weighted by atomic mass is 9.91. The zero-order valence-electron chi connectivity index (χ0n) is 64.6. The van der Waals surface area contributed by atoms with Gasteiger partial charge in [0, 0.05) is 35.0 Å². The number of hydrogen-bond donors (Lipinski definition) is 0. The Bertz CT molecular complexity index is 2030. The van der Waals surface area contributed by atoms with E-state index in [1.165, 1.54) is 146 Å². The van der Waals surface area contributed by atoms with Crippen LogP contribution < -0.4 is 0 Å². The molecule has 0 heterocycles. The minimum atomic E-state index is -0.224. The van der Waals surface area contributed by atoms with Gasteiger partial charge in [-0.2, -0.15) is 0 Å². The molecule has 90 heavy (non-hydrogen) atoms. The zero-order chi connectivity index (χ0) is 70.4. The van der Waals surface area contributed by atoms with E-state index in [4.69, 9.17) is 23.7 Å². The Balaban J connectivity index is -0.000000240. The number of rotatable bonds is 38. The summed E-state index contributed by atoms with van der Waals surface area (Å²) in [6.45, 7) is 57.6. The van der Waals surface area contributed by atoms with Crippen molar-refractivity contribution in [3.63, 3.8) is 0 Å². The van der Waals surface area contributed by atoms with Crippen LogP contribution in [0.1, 0.15) is 309 Å². The Morgan fingerprint density at radius 3 is 0.789 bits per heavy atom. The fourth-order valence-electron chi connectivity index (χ4n) is 8.62. The molecule has 524 valence electrons. The molecule has 0 aliphatic carbocycles. The Hall–Kier alpha value is -4.53. The number of methoxy groups -OCH3 is 2. The first kappa shape index (κ1) is 96.6. The van der Waals surface area contributed by atoms with Crippen molar-refractivity contribution in [1.82, 2.24) is 0 Å². The number of carbonyl (C=O) groups is 3. The second-order valence-corrected chi connectivity index (χ2v) is 27.2. The third kappa shape index (κ3) is 94.6. The highest BCUT2D eigenvalue weighted by molar-refractivity contribution is 5.66. The Morgan fingerprint density at radius 2 is 0.544 bits per heavy atom. The van der Waals surface area contributed by atoms with E-state index in [1.807, 2.05) is 18.2 Å². The summed E-state index contributed by atoms with van der Waals surface area (Å²) in [5.41, 5.74) is 15.1. The summed E-state index contributed by atoms with van der Waals surface area (Å²) in [7, 11) is 3.48. The van der Waals surface area contributed by atoms with E-state index in [-0.39, 0.29) is 30.1 Å². The lowest BCUT2D eigenvalue weighted by Crippen LogP contribution is -2.00. The number of allylic oxidation sites excluding steroid dienone is 17. The highest BCUT2D eigenvalue weighted by Gasteiger charge is 2.07. The molecule has 0 saturated heterocycles. The quantitative estimate of drug-likeness (QED) is 0.0343. The van der Waals surface area contributed by atoms with Gasteiger partial charge >= 0.3 is 17.9 Å². The van der Waals surface area contributed by atoms with E-state index in [0.717, 1.165) is 75.5 Å². The van der Waals surface area contributed by atoms with Crippen LogP contribution >= 0.6 is 0 Å². The van der Waals surface area contributed by atoms with Crippen molar-refractivity contribution in [3.8, 4) is 0 Å². The van der Waals surface area contributed by atoms with Gasteiger partial charge in [0.1, 0.15) is 19.8 Å². The molecule has 8 heteroatoms. The zero-order valence-corrected chi connectivity index (χ0v) is 64.6. The van der Waals surface area contributed by atoms with E-state index in [2.05, 4.69) is 215 Å². The average Bonchev–Trinajstić information content (AvgIpc) is 3.41. The van der Waals surface area contributed by atoms with Crippen molar-refractivity contribution < 1.29 is 38.1 Å². The maximum Gasteiger partial charge on any atom is 0.302 e. The van der Waals surface area contributed by atoms with Crippen LogP contribution in [0.5, 0.6) is 0 Å². The first-order valence-electron chi connectivity index (χ1n) is 34.6. The molecule has 0 aromatic rings. The summed E-state index contributed by atoms with van der Waals surface area (Å²) >= 11 is 0. The van der Waals surface area contributed by atoms with E-state index >= 15 is 0 Å². The summed E-state index contributed by atoms with van der Waals surface area (Å²) in [4.78, 5) is 31.6. The molecule has 0 saturated carbocycles. The number of carbonyl (C=O) groups excluding carboxylic acids is 3. The maximum atomic E-state index is 10.7. The predicted octanol–water partition coefficient (Wildman–Crippen LogP) is 25.2. The van der Waals surface area contributed by atoms with Gasteiger partial charge in [-0.3, -0.25) is 14.4 Å². The lowest BCUT2D eigenvalue weighted by Gasteiger charge is -2.15. The molecule has 0 N–H and O–H groups in total. The molecule has 0 aromatic carbocycles. The number of ether oxygens (including phenoxy) is 5. The normalized spacial score (nSPS) is 13.0. The van der Waals surface area contributed by atoms with Crippen molar-refractivity contribution in [2.45, 2.75) is 321 Å². The van der Waals surface area contributed by atoms with Gasteiger partial charge < -0.3 is 23.7 Å². The van der Waals surface area contributed by atoms with Gasteiger partial charge in [0.2, 0.25) is 0 Å². The van der Waals surface area contributed by atoms with Gasteiger partial charge in [-0.05, 0) is 244 Å². The summed E-state index contributed by atoms with van der Waals surface area (Å²) in [5.74, 6) is 2.61. The number of hydrogen-bond acceptors (Lipinski definition) is 8. The summed E-state index contributed by atoms with van der Waals surface area (Å²) in [5, 5.41) is 0. The van der Waals surface area contributed by atoms with Gasteiger partial charge in [0.05, 0.1) is 12.2 Å². The second kappa shape index (κ2) is 67.4. The van der Waals surface area contributed by atoms with Crippen molar-refractivity contribution in [3.05, 3.63) is 128 Å². The first-order chi connectivity index (χ1) is 42.0. The molecular formula is C82H148O8. The molecule has 0 fully saturated rings. The third-order valence-electron chi connectivity index (χ3n) is 14.2. The molecule has 8 nitrogen and oxygen atoms in total. The fourth-order valence-corrected chi connectivity index (χ4v) is 8.62. The molecule has 0 radical (unpaired) electrons. The highest BCUT2D eigenvalue weighted by atomic mass is 16.5. The first-order valence-corrected chi connectivity index (χ1v) is 34.6. The van der Waals surface area contributed by atoms with Crippen LogP contribution in [-0.4, -0.2) is 64.2 Å². The average molecular weight is 1260 g/mol. The van der Waals surface area contributed by atoms with Gasteiger partial charge in [-0.15, -0.1) is 0 Å². The van der Waals surface area contributed by atoms with E-state index in [0.29, 0.717) is 25.7 Å². The molecular weight excluding hydrogens is 1110 g/mol. The minimum absolute atomic E-state index is 0.203. The van der Waals surface area contributed by atoms with Crippen LogP contribution in [0.25, 0.3) is 0 Å². The second-order valence-electron chi connectivity index (χ2n) is 27.2. The smallest absolute Gasteiger partial charge is 0.302 e. The van der Waals surface area contributed by atoms with E-state index in [9.17, 15) is 14.4 Å². The topological polar surface area (TPSA) is 97.4 Å². The monoisotopic (exact) mass is 1260 g/mol. The van der Waals surface area contributed by atoms with Crippen LogP contribution in [0, 0.1) is 23.7 Å². The van der Waals surface area contributed by atoms with Gasteiger partial charge in [-0.25, -0.2) is 0 Å². The SMILES string of the molecule is CC(=O)OC/C=C(/C)CCC=C(C)C.CC(=O)OC/C=C(/C)CCC=C(C)C.CC(=O)OC/C=C(\C)CCC[C@H](C)CCC[C@H](C)CCCC(C)C.CC(C)=CCC/C(C)=C\C(C)C.COC(C)/C=C(/C)CCC=C(C)C.COC(C)/C=C(\C)CCC=C(C)C. The molecule has 4 atom stereocenters. The molecule has 0 aliphatic heterocycles. The molecule has 0 amide bonds. The number of esters is 3. The van der Waals surface area contributed by atoms with Crippen LogP contribution in [0.3, 0.4) is 0 Å². The Labute approximate surface area is 560 Å². The van der Waals surface area contributed by atoms with Crippen molar-refractivity contribution in [2.24, 2.45) is 23.7 Å². The van der Waals surface area contributed by atoms with Crippen molar-refractivity contribution in [2.75, 3.05) is 34.0 Å². The third-order valence-corrected chi connectivity index (χ3v) is 14.2. The molecule has 0 spiro atoms. The van der Waals surface area contributed by atoms with Crippen LogP contribution in [0.4, 0.5) is 0 Å². The van der Waals surface area contributed by atoms with Crippen LogP contribution in [-0.2, 0) is 38.1 Å². The van der Waals surface area contributed by atoms with Crippen LogP contribution in [0.15, 0.2) is 128 Å². The van der Waals surface area contributed by atoms with E-state index < -0.39 is 0 Å². The molecule has 2 unspecified atom stereocenters. The maximum absolute atomic E-state index is 10.7. The standard InChI is InChI=1S/C22H42O2.2C12H20O2.2C12H22O.C12H22/c1-18(2)10-7-11-19(3)12-8-13-20(4)14-9-15-21(5)16-17-24-22(6)23;2*1-10(2)6-5-7-11(3)8-9-14-12(4)13;2*1-10(2)7-6-8-11(3)9-12(4)13-5;1-10(2)7-6-8-12(5)9-11(3)4/h16,18-20H,7-15,17H2,1-6H3;2*6,8H,5,7,9H2,1-4H3;2*7,9,12H,6,8H2,1-5H3;7,9,11H,6,8H2,1-5H3/b21-16+;2*11-8-;11-9+;11-9-;12-9-/t19-,20-;;;;;/m1...../s1. The van der Waals surface area contributed by atoms with Gasteiger partial charge in [0.15, 0.2) is 0 Å². The highest BCUT2D eigenvalue weighted by Crippen LogP contribution is 2.22. The van der Waals surface area contributed by atoms with Crippen molar-refractivity contribution in [1.29, 1.82) is 0 Å². The van der Waals surface area contributed by atoms with E-state index in [1.54, 1.807) is 14.2 Å². The summed E-state index contributed by atoms with van der Waals surface area (Å²) in [6, 6.07) is 0. The largest absolute Gasteiger partial charge is 0.462 e. The predicted molar refractivity (Wildman–Crippen MR) is 398 cm³/mol. The minimum Gasteiger partial charge on any atom is -0.462 e. The Morgan fingerprint density at radius 1 is 0.300 bits per heavy atom. The Kier molecular flexibility index (Phi) is 72.3. The molecule has 0 rings (SSSR count). The molecule has 0 bridgehead atoms. The van der Waals surface area contributed by atoms with Gasteiger partial charge in [-0.1, -0.05) is 196 Å². The molecule has 0 aliphatic rings. The van der Waals surface area contributed by atoms with Crippen molar-refractivity contribution >= 4 is 17.9 Å². The van der Waals surface area contributed by atoms with Crippen LogP contribution in [0.2, 0.25) is 0 Å². The lowest BCUT2D eigenvalue weighted by molar-refractivity contribution is -0.140. The fraction of sp³-hybridized carbons (Fsp3) is 0.695.